The van der Waals surface area contributed by atoms with Crippen LogP contribution in [0.15, 0.2) is 84.7 Å². The van der Waals surface area contributed by atoms with E-state index in [2.05, 4.69) is 47.2 Å². The van der Waals surface area contributed by atoms with Gasteiger partial charge in [0.05, 0.1) is 12.7 Å². The van der Waals surface area contributed by atoms with Crippen LogP contribution in [0.2, 0.25) is 0 Å². The molecular weight excluding hydrogens is 408 g/mol. The number of nitrogens with two attached hydrogens (primary N) is 1. The molecule has 0 spiro atoms. The monoisotopic (exact) mass is 436 g/mol. The van der Waals surface area contributed by atoms with Gasteiger partial charge in [-0.3, -0.25) is 0 Å². The number of hydrogen-bond acceptors (Lipinski definition) is 3. The van der Waals surface area contributed by atoms with Crippen molar-refractivity contribution in [1.29, 1.82) is 0 Å². The fourth-order valence-electron chi connectivity index (χ4n) is 4.89. The van der Waals surface area contributed by atoms with Crippen LogP contribution >= 0.6 is 0 Å². The van der Waals surface area contributed by atoms with Gasteiger partial charge in [-0.1, -0.05) is 48.1 Å². The molecule has 166 valence electrons. The maximum absolute atomic E-state index is 11.1. The zero-order chi connectivity index (χ0) is 22.8. The molecule has 0 saturated heterocycles. The van der Waals surface area contributed by atoms with Crippen molar-refractivity contribution in [2.24, 2.45) is 5.73 Å². The number of methoxy groups -OCH3 is 1. The number of aromatic nitrogens is 1. The van der Waals surface area contributed by atoms with E-state index in [1.54, 1.807) is 17.8 Å². The summed E-state index contributed by atoms with van der Waals surface area (Å²) < 4.78 is 6.49. The number of rotatable bonds is 2. The molecule has 4 aromatic rings. The fraction of sp³-hybridized carbons (Fsp3) is 0.207. The summed E-state index contributed by atoms with van der Waals surface area (Å²) in [5.74, 6) is -0.302. The molecule has 2 heterocycles. The maximum Gasteiger partial charge on any atom is 0.339 e. The zero-order valence-corrected chi connectivity index (χ0v) is 18.9. The molecule has 6 rings (SSSR count). The molecule has 0 amide bonds. The molecule has 0 bridgehead atoms. The Kier molecular flexibility index (Phi) is 5.84. The highest BCUT2D eigenvalue weighted by atomic mass is 16.5. The Bertz CT molecular complexity index is 1370. The second-order valence-corrected chi connectivity index (χ2v) is 8.56. The number of benzene rings is 2. The molecule has 2 aromatic heterocycles. The highest BCUT2D eigenvalue weighted by Crippen LogP contribution is 2.39. The van der Waals surface area contributed by atoms with E-state index >= 15 is 0 Å². The molecule has 0 aliphatic heterocycles. The summed E-state index contributed by atoms with van der Waals surface area (Å²) >= 11 is 0. The van der Waals surface area contributed by atoms with Gasteiger partial charge in [-0.2, -0.15) is 0 Å². The SMILES string of the molecule is COC(=O)c1cc2ccccn2c1.NCc1ccc2ccc3c(c2c1)CCC1=C3C=CCC1. The van der Waals surface area contributed by atoms with Crippen molar-refractivity contribution in [3.8, 4) is 0 Å². The number of carbonyl (C=O) groups is 1. The Hall–Kier alpha value is -3.63. The number of carbonyl (C=O) groups excluding carboxylic acids is 1. The van der Waals surface area contributed by atoms with Crippen molar-refractivity contribution >= 4 is 27.8 Å². The van der Waals surface area contributed by atoms with Gasteiger partial charge in [0.15, 0.2) is 0 Å². The lowest BCUT2D eigenvalue weighted by Gasteiger charge is -2.25. The van der Waals surface area contributed by atoms with Crippen molar-refractivity contribution < 1.29 is 9.53 Å². The van der Waals surface area contributed by atoms with Crippen LogP contribution in [0, 0.1) is 0 Å². The van der Waals surface area contributed by atoms with E-state index in [0.29, 0.717) is 12.1 Å². The number of hydrogen-bond donors (Lipinski definition) is 1. The van der Waals surface area contributed by atoms with Crippen LogP contribution in [0.25, 0.3) is 21.9 Å². The summed E-state index contributed by atoms with van der Waals surface area (Å²) in [6.07, 6.45) is 13.1. The van der Waals surface area contributed by atoms with Crippen LogP contribution in [0.5, 0.6) is 0 Å². The van der Waals surface area contributed by atoms with Crippen LogP contribution in [0.4, 0.5) is 0 Å². The number of fused-ring (bicyclic) bond motifs is 5. The Balaban J connectivity index is 0.000000152. The first-order valence-corrected chi connectivity index (χ1v) is 11.5. The van der Waals surface area contributed by atoms with Crippen molar-refractivity contribution in [3.05, 3.63) is 107 Å². The van der Waals surface area contributed by atoms with Gasteiger partial charge in [-0.15, -0.1) is 0 Å². The Morgan fingerprint density at radius 2 is 1.94 bits per heavy atom. The first kappa shape index (κ1) is 21.2. The smallest absolute Gasteiger partial charge is 0.339 e. The van der Waals surface area contributed by atoms with Gasteiger partial charge in [0, 0.05) is 24.5 Å². The van der Waals surface area contributed by atoms with E-state index < -0.39 is 0 Å². The Labute approximate surface area is 194 Å². The normalized spacial score (nSPS) is 14.5. The summed E-state index contributed by atoms with van der Waals surface area (Å²) in [5, 5.41) is 2.74. The number of aryl methyl sites for hydroxylation is 1. The number of nitrogens with zero attached hydrogens (tertiary/aromatic N) is 1. The van der Waals surface area contributed by atoms with Crippen LogP contribution < -0.4 is 5.73 Å². The number of pyridine rings is 1. The lowest BCUT2D eigenvalue weighted by atomic mass is 9.79. The summed E-state index contributed by atoms with van der Waals surface area (Å²) in [5.41, 5.74) is 14.7. The van der Waals surface area contributed by atoms with Gasteiger partial charge in [0.1, 0.15) is 0 Å². The molecule has 4 nitrogen and oxygen atoms in total. The van der Waals surface area contributed by atoms with Gasteiger partial charge < -0.3 is 14.9 Å². The molecule has 0 unspecified atom stereocenters. The van der Waals surface area contributed by atoms with Gasteiger partial charge in [0.25, 0.3) is 0 Å². The van der Waals surface area contributed by atoms with Gasteiger partial charge in [-0.05, 0) is 83.0 Å². The van der Waals surface area contributed by atoms with E-state index in [1.165, 1.54) is 65.8 Å². The minimum atomic E-state index is -0.302. The third kappa shape index (κ3) is 4.10. The van der Waals surface area contributed by atoms with Gasteiger partial charge >= 0.3 is 5.97 Å². The van der Waals surface area contributed by atoms with Crippen LogP contribution in [-0.2, 0) is 17.7 Å². The van der Waals surface area contributed by atoms with Crippen LogP contribution in [0.1, 0.15) is 46.3 Å². The van der Waals surface area contributed by atoms with E-state index in [0.717, 1.165) is 5.52 Å². The average molecular weight is 437 g/mol. The third-order valence-corrected chi connectivity index (χ3v) is 6.60. The molecular formula is C29H28N2O2. The molecule has 4 heteroatoms. The quantitative estimate of drug-likeness (QED) is 0.388. The lowest BCUT2D eigenvalue weighted by molar-refractivity contribution is 0.0601. The molecule has 0 fully saturated rings. The van der Waals surface area contributed by atoms with Crippen LogP contribution in [0.3, 0.4) is 0 Å². The highest BCUT2D eigenvalue weighted by Gasteiger charge is 2.20. The maximum atomic E-state index is 11.1. The molecule has 2 aromatic carbocycles. The second-order valence-electron chi connectivity index (χ2n) is 8.56. The summed E-state index contributed by atoms with van der Waals surface area (Å²) in [4.78, 5) is 11.1. The fourth-order valence-corrected chi connectivity index (χ4v) is 4.89. The topological polar surface area (TPSA) is 56.7 Å². The molecule has 2 aliphatic rings. The summed E-state index contributed by atoms with van der Waals surface area (Å²) in [7, 11) is 1.38. The van der Waals surface area contributed by atoms with Crippen LogP contribution in [-0.4, -0.2) is 17.5 Å². The largest absolute Gasteiger partial charge is 0.465 e. The molecule has 0 atom stereocenters. The third-order valence-electron chi connectivity index (χ3n) is 6.60. The first-order valence-electron chi connectivity index (χ1n) is 11.5. The van der Waals surface area contributed by atoms with Crippen molar-refractivity contribution in [2.45, 2.75) is 32.2 Å². The highest BCUT2D eigenvalue weighted by molar-refractivity contribution is 5.94. The molecule has 33 heavy (non-hydrogen) atoms. The zero-order valence-electron chi connectivity index (χ0n) is 18.9. The minimum Gasteiger partial charge on any atom is -0.465 e. The van der Waals surface area contributed by atoms with Crippen molar-refractivity contribution in [2.75, 3.05) is 7.11 Å². The average Bonchev–Trinajstić information content (AvgIpc) is 3.32. The van der Waals surface area contributed by atoms with E-state index in [9.17, 15) is 4.79 Å². The van der Waals surface area contributed by atoms with E-state index in [-0.39, 0.29) is 5.97 Å². The first-order chi connectivity index (χ1) is 16.2. The predicted molar refractivity (Wildman–Crippen MR) is 134 cm³/mol. The molecule has 2 N–H and O–H groups in total. The second kappa shape index (κ2) is 9.08. The number of esters is 1. The predicted octanol–water partition coefficient (Wildman–Crippen LogP) is 6.07. The van der Waals surface area contributed by atoms with Crippen molar-refractivity contribution in [1.82, 2.24) is 4.40 Å². The number of allylic oxidation sites excluding steroid dienone is 4. The van der Waals surface area contributed by atoms with Crippen molar-refractivity contribution in [3.63, 3.8) is 0 Å². The van der Waals surface area contributed by atoms with E-state index in [1.807, 2.05) is 28.8 Å². The van der Waals surface area contributed by atoms with Gasteiger partial charge in [-0.25, -0.2) is 4.79 Å². The molecule has 0 saturated carbocycles. The van der Waals surface area contributed by atoms with Gasteiger partial charge in [0.2, 0.25) is 0 Å². The Morgan fingerprint density at radius 1 is 1.06 bits per heavy atom. The summed E-state index contributed by atoms with van der Waals surface area (Å²) in [6.45, 7) is 0.619. The molecule has 2 aliphatic carbocycles. The minimum absolute atomic E-state index is 0.302. The number of ether oxygens (including phenoxy) is 1. The molecule has 0 radical (unpaired) electrons. The summed E-state index contributed by atoms with van der Waals surface area (Å²) in [6, 6.07) is 18.8. The lowest BCUT2D eigenvalue weighted by Crippen LogP contribution is -2.07. The van der Waals surface area contributed by atoms with E-state index in [4.69, 9.17) is 5.73 Å². The standard InChI is InChI=1S/C19H19N.C10H9NO2/c20-12-13-5-6-15-8-9-17-16-4-2-1-3-14(16)7-10-18(17)19(15)11-13;1-13-10(12)8-6-9-4-2-3-5-11(9)7-8/h2,4-6,8-9,11H,1,3,7,10,12,20H2;2-7H,1H3. The Morgan fingerprint density at radius 3 is 2.76 bits per heavy atom.